The summed E-state index contributed by atoms with van der Waals surface area (Å²) in [5, 5.41) is 3.83. The summed E-state index contributed by atoms with van der Waals surface area (Å²) in [6.45, 7) is 1.15. The van der Waals surface area contributed by atoms with E-state index < -0.39 is 0 Å². The Kier molecular flexibility index (Phi) is 4.15. The van der Waals surface area contributed by atoms with Crippen LogP contribution in [0.15, 0.2) is 42.5 Å². The number of aromatic nitrogens is 1. The number of carbonyl (C=O) groups excluding carboxylic acids is 1. The zero-order chi connectivity index (χ0) is 17.2. The van der Waals surface area contributed by atoms with E-state index in [0.717, 1.165) is 32.3 Å². The molecule has 1 aromatic heterocycles. The number of thiazole rings is 1. The average molecular weight is 355 g/mol. The minimum atomic E-state index is -0.142. The summed E-state index contributed by atoms with van der Waals surface area (Å²) in [5.41, 5.74) is 1.93. The lowest BCUT2D eigenvalue weighted by Crippen LogP contribution is -2.36. The van der Waals surface area contributed by atoms with Gasteiger partial charge in [-0.3, -0.25) is 0 Å². The normalized spacial score (nSPS) is 12.4. The van der Waals surface area contributed by atoms with Crippen molar-refractivity contribution in [3.05, 3.63) is 53.0 Å². The van der Waals surface area contributed by atoms with Gasteiger partial charge in [0.25, 0.3) is 0 Å². The van der Waals surface area contributed by atoms with E-state index >= 15 is 0 Å². The fraction of sp³-hybridized carbons (Fsp3) is 0.222. The van der Waals surface area contributed by atoms with Crippen LogP contribution in [0.25, 0.3) is 10.2 Å². The van der Waals surface area contributed by atoms with E-state index in [1.807, 2.05) is 42.5 Å². The molecule has 0 saturated heterocycles. The number of amides is 2. The first-order valence-electron chi connectivity index (χ1n) is 7.91. The van der Waals surface area contributed by atoms with Crippen LogP contribution in [0.5, 0.6) is 11.5 Å². The van der Waals surface area contributed by atoms with Crippen LogP contribution < -0.4 is 14.8 Å². The first-order chi connectivity index (χ1) is 12.2. The lowest BCUT2D eigenvalue weighted by atomic mass is 10.2. The highest BCUT2D eigenvalue weighted by Crippen LogP contribution is 2.32. The fourth-order valence-electron chi connectivity index (χ4n) is 2.63. The standard InChI is InChI=1S/C18H17N3O3S/c1-21(10-17-20-13-4-2-3-5-16(13)25-17)18(22)19-9-12-6-7-14-15(8-12)24-11-23-14/h2-8H,9-11H2,1H3,(H,19,22). The number of carbonyl (C=O) groups is 1. The first kappa shape index (κ1) is 15.7. The van der Waals surface area contributed by atoms with E-state index in [2.05, 4.69) is 10.3 Å². The molecule has 1 aliphatic heterocycles. The summed E-state index contributed by atoms with van der Waals surface area (Å²) >= 11 is 1.61. The minimum Gasteiger partial charge on any atom is -0.454 e. The van der Waals surface area contributed by atoms with Crippen molar-refractivity contribution in [3.8, 4) is 11.5 Å². The maximum atomic E-state index is 12.3. The molecule has 1 N–H and O–H groups in total. The van der Waals surface area contributed by atoms with Gasteiger partial charge in [0.2, 0.25) is 6.79 Å². The molecule has 1 aliphatic rings. The van der Waals surface area contributed by atoms with Gasteiger partial charge in [0.15, 0.2) is 11.5 Å². The average Bonchev–Trinajstić information content (AvgIpc) is 3.24. The monoisotopic (exact) mass is 355 g/mol. The Bertz CT molecular complexity index is 892. The summed E-state index contributed by atoms with van der Waals surface area (Å²) in [4.78, 5) is 18.5. The highest BCUT2D eigenvalue weighted by atomic mass is 32.1. The summed E-state index contributed by atoms with van der Waals surface area (Å²) < 4.78 is 11.8. The number of urea groups is 1. The molecule has 4 rings (SSSR count). The molecular weight excluding hydrogens is 338 g/mol. The van der Waals surface area contributed by atoms with Crippen molar-refractivity contribution < 1.29 is 14.3 Å². The number of rotatable bonds is 4. The topological polar surface area (TPSA) is 63.7 Å². The van der Waals surface area contributed by atoms with E-state index in [1.165, 1.54) is 0 Å². The molecule has 0 fully saturated rings. The van der Waals surface area contributed by atoms with Crippen LogP contribution in [0.4, 0.5) is 4.79 Å². The van der Waals surface area contributed by atoms with Crippen molar-refractivity contribution >= 4 is 27.6 Å². The van der Waals surface area contributed by atoms with Crippen LogP contribution in [-0.2, 0) is 13.1 Å². The highest BCUT2D eigenvalue weighted by Gasteiger charge is 2.15. The third-order valence-corrected chi connectivity index (χ3v) is 4.96. The maximum absolute atomic E-state index is 12.3. The van der Waals surface area contributed by atoms with Crippen molar-refractivity contribution in [2.24, 2.45) is 0 Å². The lowest BCUT2D eigenvalue weighted by Gasteiger charge is -2.16. The lowest BCUT2D eigenvalue weighted by molar-refractivity contribution is 0.174. The van der Waals surface area contributed by atoms with Crippen molar-refractivity contribution in [3.63, 3.8) is 0 Å². The molecule has 0 atom stereocenters. The second-order valence-electron chi connectivity index (χ2n) is 5.78. The quantitative estimate of drug-likeness (QED) is 0.779. The number of nitrogens with zero attached hydrogens (tertiary/aromatic N) is 2. The van der Waals surface area contributed by atoms with Crippen molar-refractivity contribution in [1.29, 1.82) is 0 Å². The van der Waals surface area contributed by atoms with Crippen molar-refractivity contribution in [1.82, 2.24) is 15.2 Å². The highest BCUT2D eigenvalue weighted by molar-refractivity contribution is 7.18. The Labute approximate surface area is 149 Å². The Balaban J connectivity index is 1.35. The summed E-state index contributed by atoms with van der Waals surface area (Å²) in [5.74, 6) is 1.46. The zero-order valence-corrected chi connectivity index (χ0v) is 14.5. The van der Waals surface area contributed by atoms with Gasteiger partial charge in [0.1, 0.15) is 5.01 Å². The molecule has 0 bridgehead atoms. The van der Waals surface area contributed by atoms with Gasteiger partial charge in [-0.1, -0.05) is 18.2 Å². The molecule has 128 valence electrons. The molecule has 2 heterocycles. The van der Waals surface area contributed by atoms with Gasteiger partial charge in [-0.05, 0) is 29.8 Å². The molecule has 0 saturated carbocycles. The van der Waals surface area contributed by atoms with Gasteiger partial charge < -0.3 is 19.7 Å². The smallest absolute Gasteiger partial charge is 0.317 e. The predicted octanol–water partition coefficient (Wildman–Crippen LogP) is 3.37. The Morgan fingerprint density at radius 3 is 2.96 bits per heavy atom. The van der Waals surface area contributed by atoms with Crippen LogP contribution >= 0.6 is 11.3 Å². The third kappa shape index (κ3) is 3.36. The number of hydrogen-bond acceptors (Lipinski definition) is 5. The summed E-state index contributed by atoms with van der Waals surface area (Å²) in [6.07, 6.45) is 0. The number of nitrogens with one attached hydrogen (secondary N) is 1. The number of hydrogen-bond donors (Lipinski definition) is 1. The summed E-state index contributed by atoms with van der Waals surface area (Å²) in [7, 11) is 1.76. The molecular formula is C18H17N3O3S. The Morgan fingerprint density at radius 2 is 2.08 bits per heavy atom. The van der Waals surface area contributed by atoms with E-state index in [1.54, 1.807) is 23.3 Å². The fourth-order valence-corrected chi connectivity index (χ4v) is 3.65. The van der Waals surface area contributed by atoms with Crippen LogP contribution in [0, 0.1) is 0 Å². The largest absolute Gasteiger partial charge is 0.454 e. The molecule has 6 nitrogen and oxygen atoms in total. The maximum Gasteiger partial charge on any atom is 0.317 e. The number of ether oxygens (including phenoxy) is 2. The second kappa shape index (κ2) is 6.60. The number of fused-ring (bicyclic) bond motifs is 2. The molecule has 25 heavy (non-hydrogen) atoms. The first-order valence-corrected chi connectivity index (χ1v) is 8.72. The molecule has 0 radical (unpaired) electrons. The van der Waals surface area contributed by atoms with E-state index in [0.29, 0.717) is 13.1 Å². The zero-order valence-electron chi connectivity index (χ0n) is 13.7. The second-order valence-corrected chi connectivity index (χ2v) is 6.89. The van der Waals surface area contributed by atoms with Crippen LogP contribution in [0.2, 0.25) is 0 Å². The van der Waals surface area contributed by atoms with Gasteiger partial charge in [-0.25, -0.2) is 9.78 Å². The SMILES string of the molecule is CN(Cc1nc2ccccc2s1)C(=O)NCc1ccc2c(c1)OCO2. The van der Waals surface area contributed by atoms with Gasteiger partial charge in [0, 0.05) is 13.6 Å². The Morgan fingerprint density at radius 1 is 1.24 bits per heavy atom. The summed E-state index contributed by atoms with van der Waals surface area (Å²) in [6, 6.07) is 13.5. The van der Waals surface area contributed by atoms with Crippen LogP contribution in [0.1, 0.15) is 10.6 Å². The molecule has 2 aromatic carbocycles. The minimum absolute atomic E-state index is 0.142. The van der Waals surface area contributed by atoms with E-state index in [9.17, 15) is 4.79 Å². The van der Waals surface area contributed by atoms with E-state index in [-0.39, 0.29) is 12.8 Å². The molecule has 7 heteroatoms. The molecule has 2 amide bonds. The predicted molar refractivity (Wildman–Crippen MR) is 95.9 cm³/mol. The Hall–Kier alpha value is -2.80. The van der Waals surface area contributed by atoms with E-state index in [4.69, 9.17) is 9.47 Å². The number of benzene rings is 2. The molecule has 3 aromatic rings. The van der Waals surface area contributed by atoms with Gasteiger partial charge in [-0.2, -0.15) is 0 Å². The molecule has 0 aliphatic carbocycles. The third-order valence-electron chi connectivity index (χ3n) is 3.94. The van der Waals surface area contributed by atoms with Gasteiger partial charge in [-0.15, -0.1) is 11.3 Å². The van der Waals surface area contributed by atoms with Crippen LogP contribution in [-0.4, -0.2) is 29.8 Å². The molecule has 0 unspecified atom stereocenters. The van der Waals surface area contributed by atoms with Gasteiger partial charge >= 0.3 is 6.03 Å². The molecule has 0 spiro atoms. The van der Waals surface area contributed by atoms with Gasteiger partial charge in [0.05, 0.1) is 16.8 Å². The van der Waals surface area contributed by atoms with Crippen molar-refractivity contribution in [2.75, 3.05) is 13.8 Å². The van der Waals surface area contributed by atoms with Crippen molar-refractivity contribution in [2.45, 2.75) is 13.1 Å². The van der Waals surface area contributed by atoms with Crippen LogP contribution in [0.3, 0.4) is 0 Å². The number of para-hydroxylation sites is 1.